The first kappa shape index (κ1) is 51.8. The number of fused-ring (bicyclic) bond motifs is 2. The van der Waals surface area contributed by atoms with Gasteiger partial charge in [-0.2, -0.15) is 0 Å². The number of hydrogen-bond donors (Lipinski definition) is 6. The number of amides is 4. The topological polar surface area (TPSA) is 248 Å². The lowest BCUT2D eigenvalue weighted by Gasteiger charge is -2.15. The van der Waals surface area contributed by atoms with Crippen LogP contribution in [-0.4, -0.2) is 90.4 Å². The molecule has 7 aromatic rings. The maximum atomic E-state index is 13.6. The van der Waals surface area contributed by atoms with Gasteiger partial charge in [0.1, 0.15) is 22.8 Å². The molecule has 4 amide bonds. The number of esters is 1. The number of carbonyl (C=O) groups excluding carboxylic acids is 6. The van der Waals surface area contributed by atoms with Gasteiger partial charge in [-0.05, 0) is 73.4 Å². The summed E-state index contributed by atoms with van der Waals surface area (Å²) in [6.45, 7) is 0.253. The van der Waals surface area contributed by atoms with Crippen molar-refractivity contribution in [3.05, 3.63) is 132 Å². The van der Waals surface area contributed by atoms with E-state index in [1.54, 1.807) is 121 Å². The van der Waals surface area contributed by atoms with Gasteiger partial charge >= 0.3 is 5.97 Å². The predicted molar refractivity (Wildman–Crippen MR) is 286 cm³/mol. The monoisotopic (exact) mass is 1030 g/mol. The fourth-order valence-corrected chi connectivity index (χ4v) is 9.73. The van der Waals surface area contributed by atoms with Crippen LogP contribution in [0.4, 0.5) is 34.1 Å². The smallest absolute Gasteiger partial charge is 0.354 e. The van der Waals surface area contributed by atoms with Gasteiger partial charge in [-0.15, -0.1) is 0 Å². The van der Waals surface area contributed by atoms with Crippen LogP contribution >= 0.6 is 0 Å². The molecular formula is C55H59N11O10. The van der Waals surface area contributed by atoms with E-state index in [9.17, 15) is 33.9 Å². The highest BCUT2D eigenvalue weighted by molar-refractivity contribution is 6.08. The third kappa shape index (κ3) is 11.0. The number of Topliss-reactive ketones (excluding diaryl/α,β-unsaturated/α-hetero) is 1. The number of ketones is 1. The van der Waals surface area contributed by atoms with Crippen molar-refractivity contribution in [1.29, 1.82) is 0 Å². The molecule has 6 heterocycles. The first-order chi connectivity index (χ1) is 36.5. The van der Waals surface area contributed by atoms with E-state index in [1.165, 1.54) is 30.9 Å². The number of aliphatic imine (C=N–C) groups is 1. The SMILES string of the molecule is COC(=O)c1cc(NC(=O)c2cc(NC(=O)c3cc(NC(O)c4cc(NC(=O)c5cc(-c6ccc(NC(=O)CCCOc7cc8c(cc7OC)C(=O)C7CCC[C@H]7C=N8)cc6)cn5C)cn4C)cn3C)cn2C)cn1C. The van der Waals surface area contributed by atoms with E-state index in [-0.39, 0.29) is 59.5 Å². The van der Waals surface area contributed by atoms with Crippen LogP contribution in [-0.2, 0) is 44.8 Å². The van der Waals surface area contributed by atoms with Crippen LogP contribution in [0.1, 0.15) is 96.3 Å². The highest BCUT2D eigenvalue weighted by atomic mass is 16.5. The summed E-state index contributed by atoms with van der Waals surface area (Å²) in [6.07, 6.45) is 12.5. The maximum Gasteiger partial charge on any atom is 0.354 e. The molecule has 21 nitrogen and oxygen atoms in total. The van der Waals surface area contributed by atoms with Gasteiger partial charge in [0.2, 0.25) is 5.91 Å². The molecule has 0 radical (unpaired) electrons. The van der Waals surface area contributed by atoms with Gasteiger partial charge in [-0.25, -0.2) is 4.79 Å². The Morgan fingerprint density at radius 3 is 1.88 bits per heavy atom. The first-order valence-corrected chi connectivity index (χ1v) is 24.6. The second-order valence-electron chi connectivity index (χ2n) is 19.0. The lowest BCUT2D eigenvalue weighted by Crippen LogP contribution is -2.18. The molecule has 76 heavy (non-hydrogen) atoms. The van der Waals surface area contributed by atoms with E-state index in [0.717, 1.165) is 30.4 Å². The molecule has 2 unspecified atom stereocenters. The lowest BCUT2D eigenvalue weighted by atomic mass is 9.89. The minimum atomic E-state index is -1.23. The van der Waals surface area contributed by atoms with Crippen LogP contribution in [0.15, 0.2) is 103 Å². The van der Waals surface area contributed by atoms with Crippen molar-refractivity contribution >= 4 is 75.7 Å². The van der Waals surface area contributed by atoms with E-state index in [0.29, 0.717) is 69.0 Å². The molecule has 394 valence electrons. The minimum Gasteiger partial charge on any atom is -0.493 e. The zero-order valence-corrected chi connectivity index (χ0v) is 43.1. The zero-order chi connectivity index (χ0) is 53.9. The number of aromatic nitrogens is 5. The van der Waals surface area contributed by atoms with Crippen LogP contribution in [0.3, 0.4) is 0 Å². The van der Waals surface area contributed by atoms with Gasteiger partial charge in [0.15, 0.2) is 23.5 Å². The van der Waals surface area contributed by atoms with Gasteiger partial charge in [-0.3, -0.25) is 29.0 Å². The third-order valence-electron chi connectivity index (χ3n) is 13.7. The van der Waals surface area contributed by atoms with Crippen LogP contribution in [0.2, 0.25) is 0 Å². The molecule has 5 aromatic heterocycles. The molecule has 0 spiro atoms. The molecule has 2 aliphatic rings. The largest absolute Gasteiger partial charge is 0.493 e. The van der Waals surface area contributed by atoms with E-state index in [2.05, 4.69) is 31.6 Å². The van der Waals surface area contributed by atoms with Crippen LogP contribution in [0, 0.1) is 11.8 Å². The number of aryl methyl sites for hydroxylation is 5. The van der Waals surface area contributed by atoms with Gasteiger partial charge in [-0.1, -0.05) is 18.6 Å². The molecule has 2 aromatic carbocycles. The Morgan fingerprint density at radius 2 is 1.22 bits per heavy atom. The summed E-state index contributed by atoms with van der Waals surface area (Å²) in [4.78, 5) is 83.0. The van der Waals surface area contributed by atoms with Gasteiger partial charge in [0.05, 0.1) is 55.0 Å². The predicted octanol–water partition coefficient (Wildman–Crippen LogP) is 7.81. The number of methoxy groups -OCH3 is 2. The summed E-state index contributed by atoms with van der Waals surface area (Å²) in [7, 11) is 11.3. The number of aliphatic hydroxyl groups excluding tert-OH is 1. The third-order valence-corrected chi connectivity index (χ3v) is 13.7. The Hall–Kier alpha value is -9.11. The van der Waals surface area contributed by atoms with Gasteiger partial charge in [0.25, 0.3) is 17.7 Å². The summed E-state index contributed by atoms with van der Waals surface area (Å²) in [5.74, 6) is -0.883. The standard InChI is InChI=1S/C55H59N11O10/c1-62-26-33(31-13-15-34(16-14-31)57-49(67)12-9-17-76-48-24-41-40(23-47(48)74-6)50(68)39-11-8-10-32(39)25-56-41)18-42(62)51(69)58-35-19-43(63(2)27-35)52(70)59-36-20-44(64(3)28-36)53(71)60-37-21-45(65(4)29-37)54(72)61-38-22-46(55(73)75-7)66(5)30-38/h13-16,18-30,32,39,52,59,70H,8-12,17H2,1-7H3,(H,57,67)(H,58,69)(H,60,71)(H,61,72)/t32-,39?,52?/m0/s1. The van der Waals surface area contributed by atoms with E-state index in [1.807, 2.05) is 24.5 Å². The number of nitrogens with zero attached hydrogens (tertiary/aromatic N) is 6. The maximum absolute atomic E-state index is 13.6. The Morgan fingerprint density at radius 1 is 0.645 bits per heavy atom. The average molecular weight is 1030 g/mol. The Bertz CT molecular complexity index is 3430. The summed E-state index contributed by atoms with van der Waals surface area (Å²) in [5, 5.41) is 25.7. The first-order valence-electron chi connectivity index (χ1n) is 24.6. The summed E-state index contributed by atoms with van der Waals surface area (Å²) in [5.41, 5.74) is 6.61. The highest BCUT2D eigenvalue weighted by Gasteiger charge is 2.36. The number of rotatable bonds is 18. The minimum absolute atomic E-state index is 0.0442. The van der Waals surface area contributed by atoms with Crippen molar-refractivity contribution in [2.75, 3.05) is 47.4 Å². The van der Waals surface area contributed by atoms with E-state index in [4.69, 9.17) is 14.2 Å². The Balaban J connectivity index is 0.744. The number of nitrogens with one attached hydrogen (secondary N) is 5. The molecule has 6 N–H and O–H groups in total. The zero-order valence-electron chi connectivity index (χ0n) is 43.1. The molecule has 0 bridgehead atoms. The van der Waals surface area contributed by atoms with Crippen molar-refractivity contribution in [2.45, 2.75) is 38.3 Å². The molecule has 1 aliphatic heterocycles. The molecule has 1 aliphatic carbocycles. The molecule has 1 fully saturated rings. The molecule has 9 rings (SSSR count). The van der Waals surface area contributed by atoms with Crippen molar-refractivity contribution < 1.29 is 48.1 Å². The fraction of sp³-hybridized carbons (Fsp3) is 0.291. The van der Waals surface area contributed by atoms with Gasteiger partial charge < -0.3 is 68.7 Å². The number of anilines is 5. The molecule has 3 atom stereocenters. The summed E-state index contributed by atoms with van der Waals surface area (Å²) >= 11 is 0. The molecule has 1 saturated carbocycles. The van der Waals surface area contributed by atoms with Gasteiger partial charge in [0, 0.05) is 114 Å². The van der Waals surface area contributed by atoms with Crippen molar-refractivity contribution in [3.63, 3.8) is 0 Å². The number of benzene rings is 2. The molecule has 0 saturated heterocycles. The quantitative estimate of drug-likeness (QED) is 0.0275. The number of carbonyl (C=O) groups is 6. The highest BCUT2D eigenvalue weighted by Crippen LogP contribution is 2.42. The number of aliphatic hydroxyl groups is 1. The van der Waals surface area contributed by atoms with E-state index < -0.39 is 24.0 Å². The van der Waals surface area contributed by atoms with Crippen molar-refractivity contribution in [2.24, 2.45) is 52.1 Å². The lowest BCUT2D eigenvalue weighted by molar-refractivity contribution is -0.116. The molecular weight excluding hydrogens is 975 g/mol. The van der Waals surface area contributed by atoms with E-state index >= 15 is 0 Å². The average Bonchev–Trinajstić information content (AvgIpc) is 4.27. The summed E-state index contributed by atoms with van der Waals surface area (Å²) < 4.78 is 24.4. The van der Waals surface area contributed by atoms with Crippen molar-refractivity contribution in [3.8, 4) is 22.6 Å². The van der Waals surface area contributed by atoms with Crippen LogP contribution < -0.4 is 36.1 Å². The van der Waals surface area contributed by atoms with Crippen molar-refractivity contribution in [1.82, 2.24) is 22.8 Å². The Labute approximate surface area is 437 Å². The second-order valence-corrected chi connectivity index (χ2v) is 19.0. The number of ether oxygens (including phenoxy) is 3. The summed E-state index contributed by atoms with van der Waals surface area (Å²) in [6, 6.07) is 18.8. The molecule has 21 heteroatoms. The van der Waals surface area contributed by atoms with Crippen LogP contribution in [0.5, 0.6) is 11.5 Å². The normalized spacial score (nSPS) is 15.0. The second kappa shape index (κ2) is 21.8. The Kier molecular flexibility index (Phi) is 14.8. The fourth-order valence-electron chi connectivity index (χ4n) is 9.73. The number of hydrogen-bond acceptors (Lipinski definition) is 12. The van der Waals surface area contributed by atoms with Crippen LogP contribution in [0.25, 0.3) is 11.1 Å².